The standard InChI is InChI=1S/C46H33N5O/c1-4-13-30(14-5-1)43-48-44(31-15-6-2-7-16-31)50-45(49-43)34-24-26-42-39(29-34)47-46(52-42)35-18-12-17-32(27-35)33-23-25-41-38(28-33)37-21-10-11-22-40(37)51(41)36-19-8-3-9-20-36/h1-9,11,13-17,19-20,22-29H,10,12,18,21H2. The number of rotatable bonds is 6. The normalized spacial score (nSPS) is 14.0. The van der Waals surface area contributed by atoms with E-state index in [-0.39, 0.29) is 0 Å². The lowest BCUT2D eigenvalue weighted by Gasteiger charge is -2.13. The summed E-state index contributed by atoms with van der Waals surface area (Å²) < 4.78 is 8.79. The second kappa shape index (κ2) is 12.6. The average Bonchev–Trinajstić information content (AvgIpc) is 3.81. The van der Waals surface area contributed by atoms with Crippen LogP contribution in [0.1, 0.15) is 42.0 Å². The van der Waals surface area contributed by atoms with Crippen LogP contribution in [-0.2, 0) is 6.42 Å². The van der Waals surface area contributed by atoms with E-state index in [9.17, 15) is 0 Å². The van der Waals surface area contributed by atoms with E-state index in [2.05, 4.69) is 77.4 Å². The summed E-state index contributed by atoms with van der Waals surface area (Å²) in [6.07, 6.45) is 13.1. The number of nitrogens with zero attached hydrogens (tertiary/aromatic N) is 5. The van der Waals surface area contributed by atoms with Crippen molar-refractivity contribution in [1.82, 2.24) is 24.5 Å². The Morgan fingerprint density at radius 2 is 1.25 bits per heavy atom. The number of aromatic nitrogens is 5. The van der Waals surface area contributed by atoms with E-state index in [0.29, 0.717) is 23.4 Å². The molecular weight excluding hydrogens is 639 g/mol. The highest BCUT2D eigenvalue weighted by Gasteiger charge is 2.21. The van der Waals surface area contributed by atoms with Crippen molar-refractivity contribution in [1.29, 1.82) is 0 Å². The first-order valence-corrected chi connectivity index (χ1v) is 17.8. The molecule has 0 atom stereocenters. The highest BCUT2D eigenvalue weighted by molar-refractivity contribution is 5.95. The van der Waals surface area contributed by atoms with Gasteiger partial charge in [0.2, 0.25) is 5.89 Å². The Hall–Kier alpha value is -6.66. The Bertz CT molecular complexity index is 2660. The molecule has 0 fully saturated rings. The second-order valence-corrected chi connectivity index (χ2v) is 13.3. The van der Waals surface area contributed by atoms with Gasteiger partial charge in [-0.25, -0.2) is 19.9 Å². The molecule has 2 aliphatic carbocycles. The SMILES string of the molecule is C1=Cc2c(c3cc(C4=CCCC(c5nc6cc(-c7nc(-c8ccccc8)nc(-c8ccccc8)n7)ccc6o5)=C4)ccc3n2-c2ccccc2)CC1. The van der Waals surface area contributed by atoms with E-state index in [0.717, 1.165) is 59.0 Å². The van der Waals surface area contributed by atoms with Crippen molar-refractivity contribution in [3.63, 3.8) is 0 Å². The van der Waals surface area contributed by atoms with Crippen molar-refractivity contribution in [2.24, 2.45) is 0 Å². The Labute approximate surface area is 301 Å². The van der Waals surface area contributed by atoms with Gasteiger partial charge in [0.1, 0.15) is 5.52 Å². The summed E-state index contributed by atoms with van der Waals surface area (Å²) in [6.45, 7) is 0. The van der Waals surface area contributed by atoms with Crippen LogP contribution < -0.4 is 0 Å². The Morgan fingerprint density at radius 3 is 1.98 bits per heavy atom. The van der Waals surface area contributed by atoms with Gasteiger partial charge in [0, 0.05) is 39.0 Å². The number of hydrogen-bond acceptors (Lipinski definition) is 5. The molecule has 2 aliphatic rings. The predicted molar refractivity (Wildman–Crippen MR) is 210 cm³/mol. The summed E-state index contributed by atoms with van der Waals surface area (Å²) >= 11 is 0. The van der Waals surface area contributed by atoms with Crippen molar-refractivity contribution < 1.29 is 4.42 Å². The number of hydrogen-bond donors (Lipinski definition) is 0. The molecule has 6 nitrogen and oxygen atoms in total. The maximum absolute atomic E-state index is 6.39. The van der Waals surface area contributed by atoms with Crippen molar-refractivity contribution in [2.75, 3.05) is 0 Å². The molecule has 0 radical (unpaired) electrons. The van der Waals surface area contributed by atoms with E-state index < -0.39 is 0 Å². The van der Waals surface area contributed by atoms with E-state index in [1.165, 1.54) is 39.0 Å². The minimum Gasteiger partial charge on any atom is -0.436 e. The quantitative estimate of drug-likeness (QED) is 0.176. The minimum absolute atomic E-state index is 0.593. The fourth-order valence-electron chi connectivity index (χ4n) is 7.48. The number of fused-ring (bicyclic) bond motifs is 4. The third kappa shape index (κ3) is 5.37. The topological polar surface area (TPSA) is 69.6 Å². The Morgan fingerprint density at radius 1 is 0.577 bits per heavy atom. The zero-order valence-electron chi connectivity index (χ0n) is 28.4. The smallest absolute Gasteiger partial charge is 0.223 e. The van der Waals surface area contributed by atoms with E-state index >= 15 is 0 Å². The number of aryl methyl sites for hydroxylation is 1. The monoisotopic (exact) mass is 671 g/mol. The number of allylic oxidation sites excluding steroid dienone is 5. The summed E-state index contributed by atoms with van der Waals surface area (Å²) in [5, 5.41) is 1.32. The van der Waals surface area contributed by atoms with Crippen LogP contribution in [0.5, 0.6) is 0 Å². The highest BCUT2D eigenvalue weighted by atomic mass is 16.3. The molecule has 0 amide bonds. The molecule has 6 heteroatoms. The molecule has 8 aromatic rings. The van der Waals surface area contributed by atoms with Gasteiger partial charge in [-0.05, 0) is 97.0 Å². The van der Waals surface area contributed by atoms with Crippen LogP contribution in [0.4, 0.5) is 0 Å². The van der Waals surface area contributed by atoms with Gasteiger partial charge in [-0.15, -0.1) is 0 Å². The summed E-state index contributed by atoms with van der Waals surface area (Å²) in [5.74, 6) is 2.50. The van der Waals surface area contributed by atoms with Crippen LogP contribution in [0.3, 0.4) is 0 Å². The lowest BCUT2D eigenvalue weighted by molar-refractivity contribution is 0.580. The van der Waals surface area contributed by atoms with Crippen molar-refractivity contribution in [3.8, 4) is 39.9 Å². The Balaban J connectivity index is 1.00. The predicted octanol–water partition coefficient (Wildman–Crippen LogP) is 11.2. The van der Waals surface area contributed by atoms with Crippen molar-refractivity contribution in [2.45, 2.75) is 25.7 Å². The van der Waals surface area contributed by atoms with Crippen LogP contribution >= 0.6 is 0 Å². The number of para-hydroxylation sites is 1. The fourth-order valence-corrected chi connectivity index (χ4v) is 7.48. The first-order valence-electron chi connectivity index (χ1n) is 17.8. The third-order valence-electron chi connectivity index (χ3n) is 10.0. The van der Waals surface area contributed by atoms with Crippen LogP contribution in [0.2, 0.25) is 0 Å². The number of oxazole rings is 1. The van der Waals surface area contributed by atoms with Gasteiger partial charge < -0.3 is 8.98 Å². The van der Waals surface area contributed by atoms with E-state index in [4.69, 9.17) is 24.4 Å². The molecule has 10 rings (SSSR count). The second-order valence-electron chi connectivity index (χ2n) is 13.3. The molecule has 0 bridgehead atoms. The van der Waals surface area contributed by atoms with Gasteiger partial charge in [0.15, 0.2) is 23.1 Å². The van der Waals surface area contributed by atoms with E-state index in [1.807, 2.05) is 78.9 Å². The minimum atomic E-state index is 0.593. The van der Waals surface area contributed by atoms with Crippen LogP contribution in [0.25, 0.3) is 79.1 Å². The summed E-state index contributed by atoms with van der Waals surface area (Å²) in [7, 11) is 0. The van der Waals surface area contributed by atoms with Crippen LogP contribution in [0.15, 0.2) is 150 Å². The highest BCUT2D eigenvalue weighted by Crippen LogP contribution is 2.38. The molecule has 0 aliphatic heterocycles. The maximum atomic E-state index is 6.39. The molecule has 0 spiro atoms. The fraction of sp³-hybridized carbons (Fsp3) is 0.0870. The van der Waals surface area contributed by atoms with Crippen molar-refractivity contribution in [3.05, 3.63) is 168 Å². The zero-order valence-corrected chi connectivity index (χ0v) is 28.4. The molecule has 3 heterocycles. The third-order valence-corrected chi connectivity index (χ3v) is 10.0. The van der Waals surface area contributed by atoms with Gasteiger partial charge in [-0.1, -0.05) is 97.1 Å². The van der Waals surface area contributed by atoms with Gasteiger partial charge in [-0.2, -0.15) is 0 Å². The maximum Gasteiger partial charge on any atom is 0.223 e. The van der Waals surface area contributed by atoms with Gasteiger partial charge >= 0.3 is 0 Å². The molecule has 52 heavy (non-hydrogen) atoms. The molecule has 0 saturated heterocycles. The summed E-state index contributed by atoms with van der Waals surface area (Å²) in [4.78, 5) is 19.7. The van der Waals surface area contributed by atoms with Crippen LogP contribution in [0, 0.1) is 0 Å². The lowest BCUT2D eigenvalue weighted by Crippen LogP contribution is -2.00. The number of benzene rings is 5. The molecule has 0 saturated carbocycles. The molecular formula is C46H33N5O. The molecule has 3 aromatic heterocycles. The van der Waals surface area contributed by atoms with Crippen LogP contribution in [-0.4, -0.2) is 24.5 Å². The van der Waals surface area contributed by atoms with Gasteiger partial charge in [0.25, 0.3) is 0 Å². The molecule has 0 unspecified atom stereocenters. The average molecular weight is 672 g/mol. The van der Waals surface area contributed by atoms with Gasteiger partial charge in [-0.3, -0.25) is 0 Å². The summed E-state index contributed by atoms with van der Waals surface area (Å²) in [6, 6.07) is 43.6. The van der Waals surface area contributed by atoms with Crippen molar-refractivity contribution >= 4 is 39.2 Å². The summed E-state index contributed by atoms with van der Waals surface area (Å²) in [5.41, 5.74) is 12.9. The first kappa shape index (κ1) is 30.2. The molecule has 248 valence electrons. The lowest BCUT2D eigenvalue weighted by atomic mass is 9.92. The Kier molecular flexibility index (Phi) is 7.31. The van der Waals surface area contributed by atoms with Gasteiger partial charge in [0.05, 0.1) is 5.52 Å². The molecule has 5 aromatic carbocycles. The first-order chi connectivity index (χ1) is 25.7. The zero-order chi connectivity index (χ0) is 34.4. The van der Waals surface area contributed by atoms with E-state index in [1.54, 1.807) is 0 Å². The molecule has 0 N–H and O–H groups in total. The largest absolute Gasteiger partial charge is 0.436 e.